The summed E-state index contributed by atoms with van der Waals surface area (Å²) in [7, 11) is -3.53. The van der Waals surface area contributed by atoms with Crippen LogP contribution in [-0.2, 0) is 19.4 Å². The largest absolute Gasteiger partial charge is 0.508 e. The Labute approximate surface area is 148 Å². The molecule has 138 valence electrons. The molecule has 1 amide bonds. The van der Waals surface area contributed by atoms with Gasteiger partial charge in [-0.15, -0.1) is 0 Å². The van der Waals surface area contributed by atoms with Gasteiger partial charge in [-0.2, -0.15) is 0 Å². The Balaban J connectivity index is 1.47. The van der Waals surface area contributed by atoms with Gasteiger partial charge >= 0.3 is 0 Å². The summed E-state index contributed by atoms with van der Waals surface area (Å²) in [5.74, 6) is 0.0955. The Bertz CT molecular complexity index is 687. The normalized spacial score (nSPS) is 20.1. The quantitative estimate of drug-likeness (QED) is 0.863. The number of carbonyl (C=O) groups is 1. The van der Waals surface area contributed by atoms with Crippen LogP contribution in [0.2, 0.25) is 0 Å². The first-order chi connectivity index (χ1) is 12.0. The lowest BCUT2D eigenvalue weighted by molar-refractivity contribution is -0.137. The van der Waals surface area contributed by atoms with Gasteiger partial charge in [-0.25, -0.2) is 8.42 Å². The van der Waals surface area contributed by atoms with E-state index < -0.39 is 9.84 Å². The van der Waals surface area contributed by atoms with Crippen LogP contribution in [0.3, 0.4) is 0 Å². The van der Waals surface area contributed by atoms with Gasteiger partial charge in [-0.05, 0) is 49.9 Å². The van der Waals surface area contributed by atoms with E-state index in [1.807, 2.05) is 4.90 Å². The Hall–Kier alpha value is -1.60. The smallest absolute Gasteiger partial charge is 0.225 e. The third-order valence-corrected chi connectivity index (χ3v) is 6.55. The molecule has 3 rings (SSSR count). The van der Waals surface area contributed by atoms with Crippen molar-refractivity contribution < 1.29 is 23.1 Å². The summed E-state index contributed by atoms with van der Waals surface area (Å²) >= 11 is 0. The molecule has 1 saturated heterocycles. The molecule has 1 N–H and O–H groups in total. The lowest BCUT2D eigenvalue weighted by atomic mass is 10.0. The molecule has 0 aromatic heterocycles. The number of amides is 1. The van der Waals surface area contributed by atoms with E-state index in [1.165, 1.54) is 24.3 Å². The molecule has 1 aliphatic carbocycles. The van der Waals surface area contributed by atoms with Crippen molar-refractivity contribution in [2.75, 3.05) is 19.0 Å². The van der Waals surface area contributed by atoms with Crippen LogP contribution in [0.1, 0.15) is 38.5 Å². The van der Waals surface area contributed by atoms with E-state index in [-0.39, 0.29) is 34.5 Å². The van der Waals surface area contributed by atoms with E-state index in [2.05, 4.69) is 0 Å². The minimum Gasteiger partial charge on any atom is -0.508 e. The number of rotatable bonds is 5. The van der Waals surface area contributed by atoms with Crippen molar-refractivity contribution in [1.82, 2.24) is 4.90 Å². The average molecular weight is 367 g/mol. The first-order valence-corrected chi connectivity index (χ1v) is 10.5. The summed E-state index contributed by atoms with van der Waals surface area (Å²) in [6.07, 6.45) is 5.49. The number of phenols is 1. The maximum atomic E-state index is 12.4. The highest BCUT2D eigenvalue weighted by atomic mass is 32.2. The summed E-state index contributed by atoms with van der Waals surface area (Å²) in [5.41, 5.74) is 0. The predicted octanol–water partition coefficient (Wildman–Crippen LogP) is 2.32. The third kappa shape index (κ3) is 4.52. The molecule has 2 aliphatic rings. The number of sulfone groups is 1. The minimum atomic E-state index is -3.53. The second kappa shape index (κ2) is 7.74. The summed E-state index contributed by atoms with van der Waals surface area (Å²) in [4.78, 5) is 14.5. The zero-order chi connectivity index (χ0) is 17.9. The molecule has 2 fully saturated rings. The van der Waals surface area contributed by atoms with Gasteiger partial charge < -0.3 is 14.7 Å². The standard InChI is InChI=1S/C18H25NO5S/c20-15-5-7-17(8-6-15)25(22,23)13-24-16-9-11-19(12-10-16)18(21)14-3-1-2-4-14/h5-8,14,16,20H,1-4,9-13H2. The molecular formula is C18H25NO5S. The summed E-state index contributed by atoms with van der Waals surface area (Å²) in [6, 6.07) is 5.44. The number of ether oxygens (including phenoxy) is 1. The van der Waals surface area contributed by atoms with Crippen molar-refractivity contribution in [3.8, 4) is 5.75 Å². The van der Waals surface area contributed by atoms with Gasteiger partial charge in [0.05, 0.1) is 11.0 Å². The van der Waals surface area contributed by atoms with Gasteiger partial charge in [-0.3, -0.25) is 4.79 Å². The Morgan fingerprint density at radius 1 is 1.08 bits per heavy atom. The van der Waals surface area contributed by atoms with Crippen LogP contribution in [0.25, 0.3) is 0 Å². The van der Waals surface area contributed by atoms with Gasteiger partial charge in [-0.1, -0.05) is 12.8 Å². The second-order valence-corrected chi connectivity index (χ2v) is 8.84. The van der Waals surface area contributed by atoms with Gasteiger partial charge in [0, 0.05) is 19.0 Å². The highest BCUT2D eigenvalue weighted by Gasteiger charge is 2.30. The SMILES string of the molecule is O=C(C1CCCC1)N1CCC(OCS(=O)(=O)c2ccc(O)cc2)CC1. The highest BCUT2D eigenvalue weighted by molar-refractivity contribution is 7.91. The lowest BCUT2D eigenvalue weighted by Gasteiger charge is -2.33. The first-order valence-electron chi connectivity index (χ1n) is 8.88. The fraction of sp³-hybridized carbons (Fsp3) is 0.611. The summed E-state index contributed by atoms with van der Waals surface area (Å²) in [6.45, 7) is 1.28. The number of likely N-dealkylation sites (tertiary alicyclic amines) is 1. The van der Waals surface area contributed by atoms with Crippen molar-refractivity contribution in [3.63, 3.8) is 0 Å². The highest BCUT2D eigenvalue weighted by Crippen LogP contribution is 2.28. The number of aromatic hydroxyl groups is 1. The molecule has 1 aromatic carbocycles. The molecule has 1 aromatic rings. The van der Waals surface area contributed by atoms with Crippen LogP contribution in [0, 0.1) is 5.92 Å². The van der Waals surface area contributed by atoms with Crippen LogP contribution in [0.15, 0.2) is 29.2 Å². The maximum absolute atomic E-state index is 12.4. The zero-order valence-corrected chi connectivity index (χ0v) is 15.1. The Morgan fingerprint density at radius 3 is 2.28 bits per heavy atom. The molecule has 1 heterocycles. The molecule has 0 radical (unpaired) electrons. The average Bonchev–Trinajstić information content (AvgIpc) is 3.15. The first kappa shape index (κ1) is 18.2. The molecule has 0 bridgehead atoms. The monoisotopic (exact) mass is 367 g/mol. The van der Waals surface area contributed by atoms with Crippen LogP contribution in [0.4, 0.5) is 0 Å². The molecule has 0 spiro atoms. The van der Waals surface area contributed by atoms with Gasteiger partial charge in [0.1, 0.15) is 5.75 Å². The van der Waals surface area contributed by atoms with Gasteiger partial charge in [0.15, 0.2) is 5.94 Å². The van der Waals surface area contributed by atoms with Crippen LogP contribution in [0.5, 0.6) is 5.75 Å². The molecular weight excluding hydrogens is 342 g/mol. The van der Waals surface area contributed by atoms with Crippen LogP contribution >= 0.6 is 0 Å². The topological polar surface area (TPSA) is 83.9 Å². The molecule has 0 atom stereocenters. The fourth-order valence-electron chi connectivity index (χ4n) is 3.58. The van der Waals surface area contributed by atoms with E-state index in [1.54, 1.807) is 0 Å². The van der Waals surface area contributed by atoms with Crippen LogP contribution in [-0.4, -0.2) is 49.5 Å². The second-order valence-electron chi connectivity index (χ2n) is 6.90. The van der Waals surface area contributed by atoms with E-state index in [0.717, 1.165) is 25.7 Å². The minimum absolute atomic E-state index is 0.0270. The zero-order valence-electron chi connectivity index (χ0n) is 14.3. The summed E-state index contributed by atoms with van der Waals surface area (Å²) < 4.78 is 30.1. The van der Waals surface area contributed by atoms with Crippen molar-refractivity contribution in [1.29, 1.82) is 0 Å². The van der Waals surface area contributed by atoms with Crippen molar-refractivity contribution >= 4 is 15.7 Å². The number of benzene rings is 1. The number of hydrogen-bond acceptors (Lipinski definition) is 5. The van der Waals surface area contributed by atoms with E-state index in [4.69, 9.17) is 4.74 Å². The van der Waals surface area contributed by atoms with E-state index in [0.29, 0.717) is 25.9 Å². The number of carbonyl (C=O) groups excluding carboxylic acids is 1. The molecule has 1 aliphatic heterocycles. The van der Waals surface area contributed by atoms with Gasteiger partial charge in [0.2, 0.25) is 15.7 Å². The van der Waals surface area contributed by atoms with Crippen molar-refractivity contribution in [3.05, 3.63) is 24.3 Å². The Morgan fingerprint density at radius 2 is 1.68 bits per heavy atom. The maximum Gasteiger partial charge on any atom is 0.225 e. The van der Waals surface area contributed by atoms with Crippen molar-refractivity contribution in [2.45, 2.75) is 49.5 Å². The number of hydrogen-bond donors (Lipinski definition) is 1. The number of phenolic OH excluding ortho intramolecular Hbond substituents is 1. The third-order valence-electron chi connectivity index (χ3n) is 5.11. The molecule has 0 unspecified atom stereocenters. The van der Waals surface area contributed by atoms with Crippen LogP contribution < -0.4 is 0 Å². The van der Waals surface area contributed by atoms with E-state index in [9.17, 15) is 18.3 Å². The number of nitrogens with zero attached hydrogens (tertiary/aromatic N) is 1. The number of piperidine rings is 1. The lowest BCUT2D eigenvalue weighted by Crippen LogP contribution is -2.43. The van der Waals surface area contributed by atoms with Gasteiger partial charge in [0.25, 0.3) is 0 Å². The summed E-state index contributed by atoms with van der Waals surface area (Å²) in [5, 5.41) is 9.25. The molecule has 1 saturated carbocycles. The van der Waals surface area contributed by atoms with Crippen molar-refractivity contribution in [2.24, 2.45) is 5.92 Å². The fourth-order valence-corrected chi connectivity index (χ4v) is 4.64. The van der Waals surface area contributed by atoms with E-state index >= 15 is 0 Å². The molecule has 25 heavy (non-hydrogen) atoms. The Kier molecular flexibility index (Phi) is 5.64. The molecule has 6 nitrogen and oxygen atoms in total. The molecule has 7 heteroatoms. The predicted molar refractivity (Wildman–Crippen MR) is 92.8 cm³/mol.